The second-order valence-electron chi connectivity index (χ2n) is 3.73. The molecule has 0 bridgehead atoms. The third-order valence-electron chi connectivity index (χ3n) is 2.63. The number of hydrogen-bond donors (Lipinski definition) is 2. The van der Waals surface area contributed by atoms with Crippen LogP contribution >= 0.6 is 0 Å². The first-order chi connectivity index (χ1) is 8.34. The van der Waals surface area contributed by atoms with Gasteiger partial charge in [-0.25, -0.2) is 15.0 Å². The number of aryl methyl sites for hydroxylation is 2. The van der Waals surface area contributed by atoms with Crippen LogP contribution in [0.5, 0.6) is 0 Å². The molecule has 0 aromatic carbocycles. The number of nitrogen functional groups attached to an aromatic ring is 1. The molecule has 86 valence electrons. The standard InChI is InChI=1S/C10H11N7/c11-9-8-10(13-5-12-9)17(6-14-8)2-1-7-3-15-16-4-7/h3-6H,1-2H2,(H,15,16)(H2,11,12,13). The van der Waals surface area contributed by atoms with Gasteiger partial charge < -0.3 is 10.3 Å². The van der Waals surface area contributed by atoms with E-state index in [1.807, 2.05) is 17.0 Å². The highest BCUT2D eigenvalue weighted by atomic mass is 15.1. The Balaban J connectivity index is 1.88. The van der Waals surface area contributed by atoms with Crippen LogP contribution in [0.4, 0.5) is 5.82 Å². The second kappa shape index (κ2) is 3.85. The van der Waals surface area contributed by atoms with Crippen LogP contribution in [-0.2, 0) is 13.0 Å². The van der Waals surface area contributed by atoms with Gasteiger partial charge in [-0.3, -0.25) is 5.10 Å². The molecule has 7 nitrogen and oxygen atoms in total. The van der Waals surface area contributed by atoms with Crippen molar-refractivity contribution in [3.05, 3.63) is 30.6 Å². The SMILES string of the molecule is Nc1ncnc2c1ncn2CCc1cn[nH]c1. The smallest absolute Gasteiger partial charge is 0.165 e. The highest BCUT2D eigenvalue weighted by Crippen LogP contribution is 2.14. The van der Waals surface area contributed by atoms with Crippen LogP contribution in [0.15, 0.2) is 25.0 Å². The van der Waals surface area contributed by atoms with Gasteiger partial charge in [0.2, 0.25) is 0 Å². The van der Waals surface area contributed by atoms with Crippen LogP contribution in [0.3, 0.4) is 0 Å². The summed E-state index contributed by atoms with van der Waals surface area (Å²) in [6.07, 6.45) is 7.74. The summed E-state index contributed by atoms with van der Waals surface area (Å²) in [7, 11) is 0. The maximum absolute atomic E-state index is 5.72. The number of aromatic nitrogens is 6. The van der Waals surface area contributed by atoms with E-state index in [0.29, 0.717) is 11.3 Å². The molecular weight excluding hydrogens is 218 g/mol. The molecule has 0 atom stereocenters. The normalized spacial score (nSPS) is 11.1. The maximum atomic E-state index is 5.72. The van der Waals surface area contributed by atoms with Crippen LogP contribution < -0.4 is 5.73 Å². The molecule has 0 radical (unpaired) electrons. The zero-order chi connectivity index (χ0) is 11.7. The van der Waals surface area contributed by atoms with Crippen LogP contribution in [0.25, 0.3) is 11.2 Å². The van der Waals surface area contributed by atoms with E-state index in [9.17, 15) is 0 Å². The second-order valence-corrected chi connectivity index (χ2v) is 3.73. The number of H-pyrrole nitrogens is 1. The summed E-state index contributed by atoms with van der Waals surface area (Å²) in [5.74, 6) is 0.414. The van der Waals surface area contributed by atoms with Crippen molar-refractivity contribution in [1.82, 2.24) is 29.7 Å². The van der Waals surface area contributed by atoms with Crippen molar-refractivity contribution >= 4 is 17.0 Å². The monoisotopic (exact) mass is 229 g/mol. The molecule has 0 saturated heterocycles. The zero-order valence-electron chi connectivity index (χ0n) is 9.04. The van der Waals surface area contributed by atoms with E-state index in [0.717, 1.165) is 24.2 Å². The summed E-state index contributed by atoms with van der Waals surface area (Å²) in [6, 6.07) is 0. The first-order valence-corrected chi connectivity index (χ1v) is 5.23. The summed E-state index contributed by atoms with van der Waals surface area (Å²) in [4.78, 5) is 12.3. The number of nitrogens with one attached hydrogen (secondary N) is 1. The van der Waals surface area contributed by atoms with Gasteiger partial charge in [-0.15, -0.1) is 0 Å². The number of nitrogens with zero attached hydrogens (tertiary/aromatic N) is 5. The van der Waals surface area contributed by atoms with Crippen LogP contribution in [0.1, 0.15) is 5.56 Å². The van der Waals surface area contributed by atoms with E-state index >= 15 is 0 Å². The quantitative estimate of drug-likeness (QED) is 0.676. The summed E-state index contributed by atoms with van der Waals surface area (Å²) >= 11 is 0. The summed E-state index contributed by atoms with van der Waals surface area (Å²) in [6.45, 7) is 0.784. The fourth-order valence-electron chi connectivity index (χ4n) is 1.73. The van der Waals surface area contributed by atoms with Crippen LogP contribution in [0.2, 0.25) is 0 Å². The Hall–Kier alpha value is -2.44. The van der Waals surface area contributed by atoms with Gasteiger partial charge in [-0.05, 0) is 12.0 Å². The third-order valence-corrected chi connectivity index (χ3v) is 2.63. The molecule has 3 rings (SSSR count). The molecule has 17 heavy (non-hydrogen) atoms. The van der Waals surface area contributed by atoms with Crippen molar-refractivity contribution in [1.29, 1.82) is 0 Å². The molecule has 0 unspecified atom stereocenters. The minimum atomic E-state index is 0.414. The van der Waals surface area contributed by atoms with Crippen LogP contribution in [-0.4, -0.2) is 29.7 Å². The van der Waals surface area contributed by atoms with Crippen molar-refractivity contribution in [3.63, 3.8) is 0 Å². The summed E-state index contributed by atoms with van der Waals surface area (Å²) in [5.41, 5.74) is 8.28. The van der Waals surface area contributed by atoms with Gasteiger partial charge in [0.15, 0.2) is 11.5 Å². The average Bonchev–Trinajstić information content (AvgIpc) is 2.95. The van der Waals surface area contributed by atoms with E-state index in [2.05, 4.69) is 25.1 Å². The zero-order valence-corrected chi connectivity index (χ0v) is 9.04. The van der Waals surface area contributed by atoms with E-state index in [-0.39, 0.29) is 0 Å². The molecule has 0 aliphatic carbocycles. The third kappa shape index (κ3) is 1.71. The lowest BCUT2D eigenvalue weighted by Gasteiger charge is -2.01. The van der Waals surface area contributed by atoms with E-state index < -0.39 is 0 Å². The number of imidazole rings is 1. The number of anilines is 1. The first-order valence-electron chi connectivity index (χ1n) is 5.23. The molecule has 0 amide bonds. The van der Waals surface area contributed by atoms with Gasteiger partial charge in [0.05, 0.1) is 12.5 Å². The number of fused-ring (bicyclic) bond motifs is 1. The van der Waals surface area contributed by atoms with Gasteiger partial charge in [0.1, 0.15) is 11.8 Å². The average molecular weight is 229 g/mol. The molecule has 3 N–H and O–H groups in total. The molecule has 0 aliphatic heterocycles. The molecule has 7 heteroatoms. The van der Waals surface area contributed by atoms with Crippen molar-refractivity contribution in [2.75, 3.05) is 5.73 Å². The lowest BCUT2D eigenvalue weighted by Crippen LogP contribution is -2.01. The Morgan fingerprint density at radius 1 is 1.29 bits per heavy atom. The number of rotatable bonds is 3. The minimum absolute atomic E-state index is 0.414. The molecule has 3 aromatic rings. The van der Waals surface area contributed by atoms with Gasteiger partial charge in [-0.2, -0.15) is 5.10 Å². The predicted molar refractivity (Wildman–Crippen MR) is 62.0 cm³/mol. The van der Waals surface area contributed by atoms with Gasteiger partial charge in [0.25, 0.3) is 0 Å². The van der Waals surface area contributed by atoms with Crippen molar-refractivity contribution < 1.29 is 0 Å². The molecule has 0 fully saturated rings. The molecule has 3 heterocycles. The maximum Gasteiger partial charge on any atom is 0.165 e. The Morgan fingerprint density at radius 3 is 3.06 bits per heavy atom. The first kappa shape index (κ1) is 9.76. The van der Waals surface area contributed by atoms with Crippen molar-refractivity contribution in [2.24, 2.45) is 0 Å². The number of hydrogen-bond acceptors (Lipinski definition) is 5. The van der Waals surface area contributed by atoms with Crippen LogP contribution in [0, 0.1) is 0 Å². The molecular formula is C10H11N7. The predicted octanol–water partition coefficient (Wildman–Crippen LogP) is 0.374. The highest BCUT2D eigenvalue weighted by Gasteiger charge is 2.07. The van der Waals surface area contributed by atoms with E-state index in [4.69, 9.17) is 5.73 Å². The fourth-order valence-corrected chi connectivity index (χ4v) is 1.73. The van der Waals surface area contributed by atoms with Gasteiger partial charge in [-0.1, -0.05) is 0 Å². The minimum Gasteiger partial charge on any atom is -0.382 e. The van der Waals surface area contributed by atoms with Crippen molar-refractivity contribution in [2.45, 2.75) is 13.0 Å². The Bertz CT molecular complexity index is 625. The fraction of sp³-hybridized carbons (Fsp3) is 0.200. The number of aromatic amines is 1. The Labute approximate surface area is 96.7 Å². The summed E-state index contributed by atoms with van der Waals surface area (Å²) in [5, 5.41) is 6.69. The Morgan fingerprint density at radius 2 is 2.24 bits per heavy atom. The Kier molecular flexibility index (Phi) is 2.21. The summed E-state index contributed by atoms with van der Waals surface area (Å²) < 4.78 is 1.96. The highest BCUT2D eigenvalue weighted by molar-refractivity contribution is 5.81. The molecule has 3 aromatic heterocycles. The topological polar surface area (TPSA) is 98.3 Å². The number of nitrogens with two attached hydrogens (primary N) is 1. The molecule has 0 aliphatic rings. The largest absolute Gasteiger partial charge is 0.382 e. The van der Waals surface area contributed by atoms with Crippen molar-refractivity contribution in [3.8, 4) is 0 Å². The van der Waals surface area contributed by atoms with Gasteiger partial charge >= 0.3 is 0 Å². The lowest BCUT2D eigenvalue weighted by molar-refractivity contribution is 0.709. The molecule has 0 spiro atoms. The lowest BCUT2D eigenvalue weighted by atomic mass is 10.2. The van der Waals surface area contributed by atoms with E-state index in [1.165, 1.54) is 6.33 Å². The van der Waals surface area contributed by atoms with E-state index in [1.54, 1.807) is 6.33 Å². The van der Waals surface area contributed by atoms with Gasteiger partial charge in [0, 0.05) is 12.7 Å². The molecule has 0 saturated carbocycles.